The molecule has 0 fully saturated rings. The highest BCUT2D eigenvalue weighted by atomic mass is 35.5. The van der Waals surface area contributed by atoms with Crippen molar-refractivity contribution in [3.63, 3.8) is 0 Å². The van der Waals surface area contributed by atoms with Crippen LogP contribution in [0, 0.1) is 0 Å². The third-order valence-corrected chi connectivity index (χ3v) is 2.27. The van der Waals surface area contributed by atoms with Crippen molar-refractivity contribution in [1.29, 1.82) is 0 Å². The van der Waals surface area contributed by atoms with Crippen molar-refractivity contribution in [1.82, 2.24) is 9.97 Å². The number of rotatable bonds is 4. The van der Waals surface area contributed by atoms with E-state index in [1.165, 1.54) is 6.20 Å². The Bertz CT molecular complexity index is 364. The maximum absolute atomic E-state index is 9.78. The lowest BCUT2D eigenvalue weighted by Gasteiger charge is -2.29. The molecule has 3 N–H and O–H groups in total. The SMILES string of the molecule is CCN(CC(C)(C)O)c1nc(N)ncc1Cl. The second kappa shape index (κ2) is 4.84. The van der Waals surface area contributed by atoms with E-state index in [2.05, 4.69) is 9.97 Å². The van der Waals surface area contributed by atoms with Crippen LogP contribution in [-0.4, -0.2) is 33.8 Å². The number of aromatic nitrogens is 2. The van der Waals surface area contributed by atoms with Crippen molar-refractivity contribution in [2.24, 2.45) is 0 Å². The Balaban J connectivity index is 2.99. The van der Waals surface area contributed by atoms with Gasteiger partial charge in [0, 0.05) is 13.1 Å². The van der Waals surface area contributed by atoms with E-state index in [0.717, 1.165) is 0 Å². The van der Waals surface area contributed by atoms with Crippen LogP contribution in [0.4, 0.5) is 11.8 Å². The lowest BCUT2D eigenvalue weighted by molar-refractivity contribution is 0.0874. The third kappa shape index (κ3) is 3.50. The van der Waals surface area contributed by atoms with E-state index in [1.807, 2.05) is 11.8 Å². The van der Waals surface area contributed by atoms with Crippen LogP contribution in [-0.2, 0) is 0 Å². The molecule has 5 nitrogen and oxygen atoms in total. The predicted molar refractivity (Wildman–Crippen MR) is 65.6 cm³/mol. The van der Waals surface area contributed by atoms with Gasteiger partial charge >= 0.3 is 0 Å². The molecule has 1 aromatic rings. The molecule has 0 spiro atoms. The lowest BCUT2D eigenvalue weighted by atomic mass is 10.1. The quantitative estimate of drug-likeness (QED) is 0.835. The second-order valence-corrected chi connectivity index (χ2v) is 4.63. The summed E-state index contributed by atoms with van der Waals surface area (Å²) in [5.41, 5.74) is 4.69. The molecular weight excluding hydrogens is 228 g/mol. The smallest absolute Gasteiger partial charge is 0.222 e. The van der Waals surface area contributed by atoms with Gasteiger partial charge in [0.2, 0.25) is 5.95 Å². The van der Waals surface area contributed by atoms with E-state index >= 15 is 0 Å². The summed E-state index contributed by atoms with van der Waals surface area (Å²) in [7, 11) is 0. The number of likely N-dealkylation sites (N-methyl/N-ethyl adjacent to an activating group) is 1. The van der Waals surface area contributed by atoms with Gasteiger partial charge in [0.05, 0.1) is 11.8 Å². The highest BCUT2D eigenvalue weighted by molar-refractivity contribution is 6.32. The highest BCUT2D eigenvalue weighted by Crippen LogP contribution is 2.24. The highest BCUT2D eigenvalue weighted by Gasteiger charge is 2.20. The van der Waals surface area contributed by atoms with E-state index in [0.29, 0.717) is 23.9 Å². The van der Waals surface area contributed by atoms with Crippen LogP contribution in [0.2, 0.25) is 5.02 Å². The predicted octanol–water partition coefficient (Wildman–Crippen LogP) is 1.31. The number of nitrogen functional groups attached to an aromatic ring is 1. The molecule has 0 bridgehead atoms. The molecule has 6 heteroatoms. The third-order valence-electron chi connectivity index (χ3n) is 2.00. The molecule has 0 aromatic carbocycles. The number of nitrogens with two attached hydrogens (primary N) is 1. The van der Waals surface area contributed by atoms with Crippen LogP contribution in [0.1, 0.15) is 20.8 Å². The molecule has 0 aliphatic rings. The van der Waals surface area contributed by atoms with Gasteiger partial charge in [-0.2, -0.15) is 4.98 Å². The van der Waals surface area contributed by atoms with Gasteiger partial charge in [-0.1, -0.05) is 11.6 Å². The van der Waals surface area contributed by atoms with Crippen LogP contribution in [0.15, 0.2) is 6.20 Å². The molecule has 16 heavy (non-hydrogen) atoms. The first-order chi connectivity index (χ1) is 7.33. The Hall–Kier alpha value is -1.07. The van der Waals surface area contributed by atoms with Crippen molar-refractivity contribution in [3.8, 4) is 0 Å². The summed E-state index contributed by atoms with van der Waals surface area (Å²) in [5, 5.41) is 10.2. The fourth-order valence-electron chi connectivity index (χ4n) is 1.40. The normalized spacial score (nSPS) is 11.6. The minimum absolute atomic E-state index is 0.175. The fraction of sp³-hybridized carbons (Fsp3) is 0.600. The summed E-state index contributed by atoms with van der Waals surface area (Å²) >= 11 is 5.99. The van der Waals surface area contributed by atoms with Crippen LogP contribution in [0.3, 0.4) is 0 Å². The molecule has 1 aromatic heterocycles. The Morgan fingerprint density at radius 1 is 1.56 bits per heavy atom. The molecule has 0 aliphatic carbocycles. The van der Waals surface area contributed by atoms with E-state index < -0.39 is 5.60 Å². The lowest BCUT2D eigenvalue weighted by Crippen LogP contribution is -2.39. The number of nitrogens with zero attached hydrogens (tertiary/aromatic N) is 3. The summed E-state index contributed by atoms with van der Waals surface area (Å²) < 4.78 is 0. The van der Waals surface area contributed by atoms with Crippen LogP contribution < -0.4 is 10.6 Å². The van der Waals surface area contributed by atoms with Gasteiger partial charge in [-0.15, -0.1) is 0 Å². The standard InChI is InChI=1S/C10H17ClN4O/c1-4-15(6-10(2,3)16)8-7(11)5-13-9(12)14-8/h5,16H,4,6H2,1-3H3,(H2,12,13,14). The molecule has 0 saturated carbocycles. The number of halogens is 1. The number of hydrogen-bond acceptors (Lipinski definition) is 5. The van der Waals surface area contributed by atoms with Crippen molar-refractivity contribution in [3.05, 3.63) is 11.2 Å². The van der Waals surface area contributed by atoms with Crippen molar-refractivity contribution >= 4 is 23.4 Å². The molecule has 0 saturated heterocycles. The summed E-state index contributed by atoms with van der Waals surface area (Å²) in [4.78, 5) is 9.74. The first kappa shape index (κ1) is 13.0. The van der Waals surface area contributed by atoms with Crippen molar-refractivity contribution < 1.29 is 5.11 Å². The summed E-state index contributed by atoms with van der Waals surface area (Å²) in [6.07, 6.45) is 1.46. The number of anilines is 2. The molecule has 1 heterocycles. The Morgan fingerprint density at radius 3 is 2.69 bits per heavy atom. The Labute approximate surface area is 100 Å². The zero-order valence-corrected chi connectivity index (χ0v) is 10.5. The van der Waals surface area contributed by atoms with Gasteiger partial charge in [-0.25, -0.2) is 4.98 Å². The zero-order chi connectivity index (χ0) is 12.3. The molecule has 0 aliphatic heterocycles. The maximum atomic E-state index is 9.78. The van der Waals surface area contributed by atoms with E-state index in [9.17, 15) is 5.11 Å². The fourth-order valence-corrected chi connectivity index (χ4v) is 1.61. The maximum Gasteiger partial charge on any atom is 0.222 e. The Morgan fingerprint density at radius 2 is 2.19 bits per heavy atom. The van der Waals surface area contributed by atoms with Crippen molar-refractivity contribution in [2.45, 2.75) is 26.4 Å². The minimum atomic E-state index is -0.820. The van der Waals surface area contributed by atoms with Gasteiger partial charge in [0.15, 0.2) is 5.82 Å². The summed E-state index contributed by atoms with van der Waals surface area (Å²) in [5.74, 6) is 0.729. The molecule has 0 atom stereocenters. The number of hydrogen-bond donors (Lipinski definition) is 2. The van der Waals surface area contributed by atoms with Crippen LogP contribution >= 0.6 is 11.6 Å². The molecule has 0 unspecified atom stereocenters. The Kier molecular flexibility index (Phi) is 3.93. The van der Waals surface area contributed by atoms with Gasteiger partial charge in [-0.3, -0.25) is 0 Å². The minimum Gasteiger partial charge on any atom is -0.389 e. The van der Waals surface area contributed by atoms with Gasteiger partial charge < -0.3 is 15.7 Å². The summed E-state index contributed by atoms with van der Waals surface area (Å²) in [6.45, 7) is 6.53. The van der Waals surface area contributed by atoms with Crippen LogP contribution in [0.5, 0.6) is 0 Å². The largest absolute Gasteiger partial charge is 0.389 e. The van der Waals surface area contributed by atoms with Crippen LogP contribution in [0.25, 0.3) is 0 Å². The van der Waals surface area contributed by atoms with E-state index in [4.69, 9.17) is 17.3 Å². The number of aliphatic hydroxyl groups is 1. The molecule has 90 valence electrons. The average molecular weight is 245 g/mol. The molecule has 1 rings (SSSR count). The van der Waals surface area contributed by atoms with E-state index in [-0.39, 0.29) is 5.95 Å². The van der Waals surface area contributed by atoms with Gasteiger partial charge in [0.1, 0.15) is 5.02 Å². The first-order valence-electron chi connectivity index (χ1n) is 5.09. The molecule has 0 amide bonds. The summed E-state index contributed by atoms with van der Waals surface area (Å²) in [6, 6.07) is 0. The first-order valence-corrected chi connectivity index (χ1v) is 5.46. The van der Waals surface area contributed by atoms with E-state index in [1.54, 1.807) is 13.8 Å². The second-order valence-electron chi connectivity index (χ2n) is 4.23. The van der Waals surface area contributed by atoms with Crippen molar-refractivity contribution in [2.75, 3.05) is 23.7 Å². The van der Waals surface area contributed by atoms with Gasteiger partial charge in [0.25, 0.3) is 0 Å². The topological polar surface area (TPSA) is 75.3 Å². The monoisotopic (exact) mass is 244 g/mol. The zero-order valence-electron chi connectivity index (χ0n) is 9.74. The van der Waals surface area contributed by atoms with Gasteiger partial charge in [-0.05, 0) is 20.8 Å². The molecule has 0 radical (unpaired) electrons. The molecular formula is C10H17ClN4O. The average Bonchev–Trinajstić information content (AvgIpc) is 2.17.